The first kappa shape index (κ1) is 23.2. The zero-order valence-corrected chi connectivity index (χ0v) is 20.8. The number of nitrogens with zero attached hydrogens (tertiary/aromatic N) is 4. The van der Waals surface area contributed by atoms with Gasteiger partial charge in [0.05, 0.1) is 33.2 Å². The minimum Gasteiger partial charge on any atom is -0.399 e. The molecule has 38 heavy (non-hydrogen) atoms. The van der Waals surface area contributed by atoms with Crippen molar-refractivity contribution < 1.29 is 0 Å². The Labute approximate surface area is 217 Å². The average Bonchev–Trinajstić information content (AvgIpc) is 2.89. The molecular formula is C30H24N6O2. The molecule has 8 nitrogen and oxygen atoms in total. The molecule has 0 fully saturated rings. The van der Waals surface area contributed by atoms with Gasteiger partial charge in [0.2, 0.25) is 0 Å². The highest BCUT2D eigenvalue weighted by Crippen LogP contribution is 2.26. The molecule has 4 N–H and O–H groups in total. The number of rotatable bonds is 3. The number of fused-ring (bicyclic) bond motifs is 2. The molecule has 2 heterocycles. The maximum Gasteiger partial charge on any atom is 0.265 e. The molecule has 2 aromatic heterocycles. The van der Waals surface area contributed by atoms with E-state index in [0.29, 0.717) is 56.2 Å². The van der Waals surface area contributed by atoms with E-state index >= 15 is 0 Å². The number of hydrogen-bond acceptors (Lipinski definition) is 6. The second kappa shape index (κ2) is 8.70. The maximum atomic E-state index is 13.6. The van der Waals surface area contributed by atoms with Crippen molar-refractivity contribution in [1.29, 1.82) is 0 Å². The van der Waals surface area contributed by atoms with Crippen LogP contribution in [-0.4, -0.2) is 19.1 Å². The number of hydrogen-bond donors (Lipinski definition) is 2. The smallest absolute Gasteiger partial charge is 0.265 e. The summed E-state index contributed by atoms with van der Waals surface area (Å²) in [6.45, 7) is 3.59. The highest BCUT2D eigenvalue weighted by Gasteiger charge is 2.14. The summed E-state index contributed by atoms with van der Waals surface area (Å²) >= 11 is 0. The third-order valence-electron chi connectivity index (χ3n) is 6.66. The van der Waals surface area contributed by atoms with E-state index in [2.05, 4.69) is 9.97 Å². The van der Waals surface area contributed by atoms with Crippen molar-refractivity contribution in [3.8, 4) is 22.5 Å². The molecule has 0 aliphatic heterocycles. The zero-order chi connectivity index (χ0) is 26.6. The number of anilines is 2. The van der Waals surface area contributed by atoms with E-state index in [4.69, 9.17) is 11.5 Å². The van der Waals surface area contributed by atoms with Crippen molar-refractivity contribution in [2.24, 2.45) is 0 Å². The largest absolute Gasteiger partial charge is 0.399 e. The lowest BCUT2D eigenvalue weighted by Crippen LogP contribution is -2.22. The van der Waals surface area contributed by atoms with Gasteiger partial charge in [0.15, 0.2) is 0 Å². The molecule has 0 atom stereocenters. The number of nitrogens with two attached hydrogens (primary N) is 2. The number of nitrogen functional groups attached to an aromatic ring is 2. The third kappa shape index (κ3) is 3.79. The summed E-state index contributed by atoms with van der Waals surface area (Å²) in [7, 11) is 0. The predicted molar refractivity (Wildman–Crippen MR) is 152 cm³/mol. The number of aromatic nitrogens is 4. The summed E-state index contributed by atoms with van der Waals surface area (Å²) < 4.78 is 3.11. The van der Waals surface area contributed by atoms with E-state index in [1.54, 1.807) is 59.4 Å². The zero-order valence-electron chi connectivity index (χ0n) is 20.8. The van der Waals surface area contributed by atoms with Crippen molar-refractivity contribution >= 4 is 33.2 Å². The van der Waals surface area contributed by atoms with Crippen LogP contribution < -0.4 is 22.6 Å². The molecule has 0 aliphatic carbocycles. The molecule has 0 saturated carbocycles. The van der Waals surface area contributed by atoms with Crippen molar-refractivity contribution in [2.45, 2.75) is 13.8 Å². The predicted octanol–water partition coefficient (Wildman–Crippen LogP) is 4.53. The van der Waals surface area contributed by atoms with Crippen LogP contribution in [0.3, 0.4) is 0 Å². The summed E-state index contributed by atoms with van der Waals surface area (Å²) in [5, 5.41) is 0.935. The lowest BCUT2D eigenvalue weighted by atomic mass is 10.0. The van der Waals surface area contributed by atoms with Crippen molar-refractivity contribution in [3.05, 3.63) is 117 Å². The van der Waals surface area contributed by atoms with Gasteiger partial charge in [-0.1, -0.05) is 24.3 Å². The minimum atomic E-state index is -0.193. The number of benzene rings is 4. The van der Waals surface area contributed by atoms with E-state index in [-0.39, 0.29) is 11.1 Å². The Morgan fingerprint density at radius 1 is 0.579 bits per heavy atom. The lowest BCUT2D eigenvalue weighted by Gasteiger charge is -2.13. The monoisotopic (exact) mass is 500 g/mol. The minimum absolute atomic E-state index is 0.193. The molecule has 0 bridgehead atoms. The van der Waals surface area contributed by atoms with Gasteiger partial charge in [0, 0.05) is 11.4 Å². The fraction of sp³-hybridized carbons (Fsp3) is 0.0667. The molecule has 8 heteroatoms. The molecule has 0 amide bonds. The van der Waals surface area contributed by atoms with E-state index in [9.17, 15) is 9.59 Å². The van der Waals surface area contributed by atoms with Gasteiger partial charge in [-0.15, -0.1) is 0 Å². The summed E-state index contributed by atoms with van der Waals surface area (Å²) in [5.41, 5.74) is 16.7. The fourth-order valence-electron chi connectivity index (χ4n) is 4.89. The Bertz CT molecular complexity index is 1880. The van der Waals surface area contributed by atoms with Crippen LogP contribution in [0.4, 0.5) is 11.4 Å². The number of aryl methyl sites for hydroxylation is 2. The van der Waals surface area contributed by atoms with Crippen LogP contribution in [0.1, 0.15) is 11.6 Å². The highest BCUT2D eigenvalue weighted by atomic mass is 16.1. The molecular weight excluding hydrogens is 476 g/mol. The highest BCUT2D eigenvalue weighted by molar-refractivity contribution is 5.88. The molecule has 0 radical (unpaired) electrons. The van der Waals surface area contributed by atoms with Crippen molar-refractivity contribution in [1.82, 2.24) is 19.1 Å². The van der Waals surface area contributed by atoms with Gasteiger partial charge < -0.3 is 11.5 Å². The Morgan fingerprint density at radius 2 is 1.00 bits per heavy atom. The van der Waals surface area contributed by atoms with Crippen LogP contribution in [-0.2, 0) is 0 Å². The molecule has 0 saturated heterocycles. The second-order valence-corrected chi connectivity index (χ2v) is 9.25. The van der Waals surface area contributed by atoms with Crippen LogP contribution in [0.2, 0.25) is 0 Å². The maximum absolute atomic E-state index is 13.6. The first-order valence-corrected chi connectivity index (χ1v) is 12.1. The van der Waals surface area contributed by atoms with Gasteiger partial charge in [-0.05, 0) is 85.6 Å². The van der Waals surface area contributed by atoms with Crippen LogP contribution in [0, 0.1) is 13.8 Å². The average molecular weight is 501 g/mol. The summed E-state index contributed by atoms with van der Waals surface area (Å²) in [4.78, 5) is 36.5. The van der Waals surface area contributed by atoms with Gasteiger partial charge in [-0.3, -0.25) is 18.7 Å². The van der Waals surface area contributed by atoms with Gasteiger partial charge in [0.25, 0.3) is 11.1 Å². The van der Waals surface area contributed by atoms with Crippen molar-refractivity contribution in [3.63, 3.8) is 0 Å². The molecule has 186 valence electrons. The van der Waals surface area contributed by atoms with E-state index in [0.717, 1.165) is 11.1 Å². The molecule has 6 aromatic rings. The summed E-state index contributed by atoms with van der Waals surface area (Å²) in [5.74, 6) is 1.13. The van der Waals surface area contributed by atoms with Crippen LogP contribution in [0.5, 0.6) is 0 Å². The SMILES string of the molecule is Cc1nc2ccc(-c3ccc4nc(C)n(-c5cccc(N)c5)c(=O)c4c3)cc2c(=O)n1-c1cccc(N)c1. The van der Waals surface area contributed by atoms with E-state index in [1.807, 2.05) is 48.5 Å². The standard InChI is InChI=1S/C30H24N6O2/c1-17-33-27-11-9-19(13-25(27)29(37)35(17)23-7-3-5-21(31)15-23)20-10-12-28-26(14-20)30(38)36(18(2)34-28)24-8-4-6-22(32)16-24/h3-16H,31-32H2,1-2H3. The van der Waals surface area contributed by atoms with Gasteiger partial charge in [-0.25, -0.2) is 9.97 Å². The van der Waals surface area contributed by atoms with Crippen LogP contribution in [0.15, 0.2) is 94.5 Å². The Hall–Kier alpha value is -5.24. The first-order chi connectivity index (χ1) is 18.3. The quantitative estimate of drug-likeness (QED) is 0.344. The molecule has 0 aliphatic rings. The van der Waals surface area contributed by atoms with Gasteiger partial charge in [0.1, 0.15) is 11.6 Å². The van der Waals surface area contributed by atoms with E-state index < -0.39 is 0 Å². The second-order valence-electron chi connectivity index (χ2n) is 9.25. The van der Waals surface area contributed by atoms with Gasteiger partial charge in [-0.2, -0.15) is 0 Å². The van der Waals surface area contributed by atoms with Crippen molar-refractivity contribution in [2.75, 3.05) is 11.5 Å². The topological polar surface area (TPSA) is 122 Å². The third-order valence-corrected chi connectivity index (χ3v) is 6.66. The molecule has 6 rings (SSSR count). The molecule has 0 spiro atoms. The summed E-state index contributed by atoms with van der Waals surface area (Å²) in [6.07, 6.45) is 0. The van der Waals surface area contributed by atoms with E-state index in [1.165, 1.54) is 0 Å². The lowest BCUT2D eigenvalue weighted by molar-refractivity contribution is 0.895. The Morgan fingerprint density at radius 3 is 1.39 bits per heavy atom. The molecule has 4 aromatic carbocycles. The van der Waals surface area contributed by atoms with Crippen LogP contribution in [0.25, 0.3) is 44.3 Å². The Kier molecular flexibility index (Phi) is 5.31. The Balaban J connectivity index is 1.53. The molecule has 0 unspecified atom stereocenters. The summed E-state index contributed by atoms with van der Waals surface area (Å²) in [6, 6.07) is 25.4. The van der Waals surface area contributed by atoms with Gasteiger partial charge >= 0.3 is 0 Å². The fourth-order valence-corrected chi connectivity index (χ4v) is 4.89. The first-order valence-electron chi connectivity index (χ1n) is 12.1. The van der Waals surface area contributed by atoms with Crippen LogP contribution >= 0.6 is 0 Å². The normalized spacial score (nSPS) is 11.3.